The van der Waals surface area contributed by atoms with Crippen molar-refractivity contribution in [3.05, 3.63) is 57.5 Å². The van der Waals surface area contributed by atoms with Crippen LogP contribution < -0.4 is 10.9 Å². The van der Waals surface area contributed by atoms with Crippen LogP contribution in [0.5, 0.6) is 5.75 Å². The largest absolute Gasteiger partial charge is 0.507 e. The molecule has 0 aliphatic heterocycles. The van der Waals surface area contributed by atoms with Crippen molar-refractivity contribution in [2.24, 2.45) is 0 Å². The maximum Gasteiger partial charge on any atom is 0.265 e. The molecule has 126 valence electrons. The van der Waals surface area contributed by atoms with Gasteiger partial charge < -0.3 is 15.4 Å². The fourth-order valence-corrected chi connectivity index (χ4v) is 3.36. The van der Waals surface area contributed by atoms with Crippen LogP contribution in [0.25, 0.3) is 0 Å². The molecule has 1 aromatic carbocycles. The second-order valence-corrected chi connectivity index (χ2v) is 6.45. The third-order valence-electron chi connectivity index (χ3n) is 4.62. The molecular formula is C19H22N2O3. The Bertz CT molecular complexity index is 787. The molecule has 1 fully saturated rings. The summed E-state index contributed by atoms with van der Waals surface area (Å²) < 4.78 is 0. The maximum atomic E-state index is 12.3. The summed E-state index contributed by atoms with van der Waals surface area (Å²) in [4.78, 5) is 26.7. The van der Waals surface area contributed by atoms with E-state index in [0.29, 0.717) is 17.3 Å². The van der Waals surface area contributed by atoms with Crippen LogP contribution in [0.3, 0.4) is 0 Å². The normalized spacial score (nSPS) is 15.2. The molecule has 1 aliphatic rings. The number of hydrogen-bond donors (Lipinski definition) is 3. The second-order valence-electron chi connectivity index (χ2n) is 6.45. The molecule has 0 saturated heterocycles. The lowest BCUT2D eigenvalue weighted by Gasteiger charge is -2.22. The summed E-state index contributed by atoms with van der Waals surface area (Å²) in [6.07, 6.45) is 6.31. The molecule has 0 unspecified atom stereocenters. The van der Waals surface area contributed by atoms with Crippen molar-refractivity contribution in [3.8, 4) is 5.75 Å². The van der Waals surface area contributed by atoms with Crippen molar-refractivity contribution < 1.29 is 9.90 Å². The number of amides is 1. The van der Waals surface area contributed by atoms with E-state index in [1.165, 1.54) is 43.7 Å². The maximum absolute atomic E-state index is 12.3. The molecule has 0 atom stereocenters. The molecule has 0 spiro atoms. The Morgan fingerprint density at radius 3 is 2.46 bits per heavy atom. The summed E-state index contributed by atoms with van der Waals surface area (Å²) >= 11 is 0. The Balaban J connectivity index is 1.74. The zero-order valence-electron chi connectivity index (χ0n) is 13.8. The van der Waals surface area contributed by atoms with Crippen LogP contribution in [-0.4, -0.2) is 16.0 Å². The molecule has 1 heterocycles. The minimum atomic E-state index is -0.612. The van der Waals surface area contributed by atoms with Gasteiger partial charge in [-0.2, -0.15) is 0 Å². The van der Waals surface area contributed by atoms with Gasteiger partial charge in [0.15, 0.2) is 0 Å². The highest BCUT2D eigenvalue weighted by Crippen LogP contribution is 2.33. The number of anilines is 1. The minimum Gasteiger partial charge on any atom is -0.507 e. The first-order valence-electron chi connectivity index (χ1n) is 8.39. The van der Waals surface area contributed by atoms with Crippen molar-refractivity contribution in [2.45, 2.75) is 44.9 Å². The van der Waals surface area contributed by atoms with Crippen LogP contribution in [0.1, 0.15) is 59.6 Å². The molecule has 0 radical (unpaired) electrons. The van der Waals surface area contributed by atoms with Gasteiger partial charge in [-0.1, -0.05) is 31.4 Å². The topological polar surface area (TPSA) is 82.2 Å². The van der Waals surface area contributed by atoms with E-state index in [9.17, 15) is 14.7 Å². The average Bonchev–Trinajstić information content (AvgIpc) is 2.55. The van der Waals surface area contributed by atoms with Gasteiger partial charge in [-0.05, 0) is 49.4 Å². The molecule has 5 heteroatoms. The number of carbonyl (C=O) groups is 1. The lowest BCUT2D eigenvalue weighted by atomic mass is 9.84. The number of aromatic hydroxyl groups is 1. The highest BCUT2D eigenvalue weighted by molar-refractivity contribution is 6.05. The predicted octanol–water partition coefficient (Wildman–Crippen LogP) is 3.69. The molecule has 1 aromatic heterocycles. The Morgan fingerprint density at radius 2 is 1.83 bits per heavy atom. The number of hydrogen-bond acceptors (Lipinski definition) is 3. The molecule has 5 nitrogen and oxygen atoms in total. The first kappa shape index (κ1) is 16.3. The number of pyridine rings is 1. The highest BCUT2D eigenvalue weighted by Gasteiger charge is 2.18. The van der Waals surface area contributed by atoms with Crippen LogP contribution in [-0.2, 0) is 0 Å². The van der Waals surface area contributed by atoms with Gasteiger partial charge in [-0.3, -0.25) is 9.59 Å². The first-order valence-corrected chi connectivity index (χ1v) is 8.39. The monoisotopic (exact) mass is 326 g/mol. The molecule has 0 bridgehead atoms. The van der Waals surface area contributed by atoms with Crippen LogP contribution in [0.2, 0.25) is 0 Å². The molecule has 24 heavy (non-hydrogen) atoms. The third-order valence-corrected chi connectivity index (χ3v) is 4.62. The van der Waals surface area contributed by atoms with Gasteiger partial charge in [0.2, 0.25) is 0 Å². The van der Waals surface area contributed by atoms with Gasteiger partial charge in [0.1, 0.15) is 11.3 Å². The SMILES string of the molecule is Cc1cc(O)c(C(=O)Nc2ccc(C3CCCCC3)cc2)c(=O)[nH]1. The minimum absolute atomic E-state index is 0.267. The molecule has 3 rings (SSSR count). The van der Waals surface area contributed by atoms with E-state index >= 15 is 0 Å². The zero-order valence-corrected chi connectivity index (χ0v) is 13.8. The van der Waals surface area contributed by atoms with Gasteiger partial charge in [0, 0.05) is 11.4 Å². The summed E-state index contributed by atoms with van der Waals surface area (Å²) in [5.74, 6) is -0.320. The highest BCUT2D eigenvalue weighted by atomic mass is 16.3. The number of aromatic nitrogens is 1. The summed E-state index contributed by atoms with van der Waals surface area (Å²) in [7, 11) is 0. The predicted molar refractivity (Wildman–Crippen MR) is 93.7 cm³/mol. The van der Waals surface area contributed by atoms with Gasteiger partial charge >= 0.3 is 0 Å². The third kappa shape index (κ3) is 3.50. The van der Waals surface area contributed by atoms with E-state index in [1.807, 2.05) is 24.3 Å². The van der Waals surface area contributed by atoms with E-state index in [2.05, 4.69) is 10.3 Å². The average molecular weight is 326 g/mol. The second kappa shape index (κ2) is 6.91. The van der Waals surface area contributed by atoms with Crippen LogP contribution in [0, 0.1) is 6.92 Å². The Kier molecular flexibility index (Phi) is 4.69. The lowest BCUT2D eigenvalue weighted by molar-refractivity contribution is 0.102. The number of carbonyl (C=O) groups excluding carboxylic acids is 1. The fourth-order valence-electron chi connectivity index (χ4n) is 3.36. The smallest absolute Gasteiger partial charge is 0.265 e. The van der Waals surface area contributed by atoms with Gasteiger partial charge in [-0.15, -0.1) is 0 Å². The number of aromatic amines is 1. The number of rotatable bonds is 3. The van der Waals surface area contributed by atoms with Gasteiger partial charge in [0.25, 0.3) is 11.5 Å². The first-order chi connectivity index (χ1) is 11.5. The quantitative estimate of drug-likeness (QED) is 0.804. The molecular weight excluding hydrogens is 304 g/mol. The van der Waals surface area contributed by atoms with E-state index in [4.69, 9.17) is 0 Å². The van der Waals surface area contributed by atoms with Crippen molar-refractivity contribution in [3.63, 3.8) is 0 Å². The summed E-state index contributed by atoms with van der Waals surface area (Å²) in [5.41, 5.74) is 1.55. The van der Waals surface area contributed by atoms with E-state index in [0.717, 1.165) is 0 Å². The standard InChI is InChI=1S/C19H22N2O3/c1-12-11-16(22)17(18(23)20-12)19(24)21-15-9-7-14(8-10-15)13-5-3-2-4-6-13/h7-11,13H,2-6H2,1H3,(H,21,24)(H2,20,22,23). The lowest BCUT2D eigenvalue weighted by Crippen LogP contribution is -2.23. The van der Waals surface area contributed by atoms with Crippen molar-refractivity contribution in [1.82, 2.24) is 4.98 Å². The van der Waals surface area contributed by atoms with Crippen molar-refractivity contribution in [1.29, 1.82) is 0 Å². The number of H-pyrrole nitrogens is 1. The Hall–Kier alpha value is -2.56. The molecule has 2 aromatic rings. The van der Waals surface area contributed by atoms with E-state index in [1.54, 1.807) is 6.92 Å². The number of nitrogens with one attached hydrogen (secondary N) is 2. The zero-order chi connectivity index (χ0) is 17.1. The number of benzene rings is 1. The van der Waals surface area contributed by atoms with Gasteiger partial charge in [-0.25, -0.2) is 0 Å². The molecule has 1 amide bonds. The van der Waals surface area contributed by atoms with Crippen LogP contribution in [0.15, 0.2) is 35.1 Å². The van der Waals surface area contributed by atoms with Gasteiger partial charge in [0.05, 0.1) is 0 Å². The van der Waals surface area contributed by atoms with Crippen LogP contribution >= 0.6 is 0 Å². The summed E-state index contributed by atoms with van der Waals surface area (Å²) in [6.45, 7) is 1.65. The summed E-state index contributed by atoms with van der Waals surface area (Å²) in [6, 6.07) is 9.13. The van der Waals surface area contributed by atoms with E-state index in [-0.39, 0.29) is 11.3 Å². The van der Waals surface area contributed by atoms with Crippen molar-refractivity contribution >= 4 is 11.6 Å². The van der Waals surface area contributed by atoms with Crippen LogP contribution in [0.4, 0.5) is 5.69 Å². The molecule has 3 N–H and O–H groups in total. The molecule has 1 aliphatic carbocycles. The van der Waals surface area contributed by atoms with Crippen molar-refractivity contribution in [2.75, 3.05) is 5.32 Å². The summed E-state index contributed by atoms with van der Waals surface area (Å²) in [5, 5.41) is 12.5. The number of aryl methyl sites for hydroxylation is 1. The Labute approximate surface area is 140 Å². The Morgan fingerprint density at radius 1 is 1.17 bits per heavy atom. The fraction of sp³-hybridized carbons (Fsp3) is 0.368. The van der Waals surface area contributed by atoms with E-state index < -0.39 is 11.5 Å². The molecule has 1 saturated carbocycles.